The molecule has 1 saturated heterocycles. The summed E-state index contributed by atoms with van der Waals surface area (Å²) in [5.74, 6) is 0.267. The number of carbonyl (C=O) groups excluding carboxylic acids is 2. The number of methoxy groups -OCH3 is 1. The average molecular weight is 490 g/mol. The Morgan fingerprint density at radius 1 is 1.17 bits per heavy atom. The fourth-order valence-corrected chi connectivity index (χ4v) is 5.09. The molecular formula is C26H27N5O3S. The highest BCUT2D eigenvalue weighted by Crippen LogP contribution is 2.29. The lowest BCUT2D eigenvalue weighted by Crippen LogP contribution is -2.28. The topological polar surface area (TPSA) is 88.8 Å². The molecule has 1 fully saturated rings. The van der Waals surface area contributed by atoms with E-state index in [4.69, 9.17) is 4.74 Å². The van der Waals surface area contributed by atoms with E-state index in [2.05, 4.69) is 34.5 Å². The summed E-state index contributed by atoms with van der Waals surface area (Å²) in [5, 5.41) is 9.27. The Balaban J connectivity index is 1.26. The maximum atomic E-state index is 12.9. The molecule has 1 aliphatic rings. The van der Waals surface area contributed by atoms with Crippen LogP contribution in [0.1, 0.15) is 31.7 Å². The van der Waals surface area contributed by atoms with Gasteiger partial charge in [0.1, 0.15) is 5.75 Å². The van der Waals surface area contributed by atoms with Gasteiger partial charge in [0, 0.05) is 29.6 Å². The number of carbonyl (C=O) groups is 2. The number of benzene rings is 2. The van der Waals surface area contributed by atoms with Crippen LogP contribution in [-0.2, 0) is 16.0 Å². The van der Waals surface area contributed by atoms with Crippen molar-refractivity contribution in [3.05, 3.63) is 59.5 Å². The van der Waals surface area contributed by atoms with Gasteiger partial charge in [-0.25, -0.2) is 4.52 Å². The number of fused-ring (bicyclic) bond motifs is 1. The molecule has 180 valence electrons. The van der Waals surface area contributed by atoms with Crippen LogP contribution in [0.25, 0.3) is 16.2 Å². The molecular weight excluding hydrogens is 462 g/mol. The van der Waals surface area contributed by atoms with E-state index < -0.39 is 5.92 Å². The Labute approximate surface area is 207 Å². The SMILES string of the molecule is CCCCc1ccc(N2CC(C(=O)Nc3nc4scc(-c5ccc(OC)cc5)n4n3)CC2=O)cc1. The van der Waals surface area contributed by atoms with Crippen molar-refractivity contribution in [1.29, 1.82) is 0 Å². The van der Waals surface area contributed by atoms with Gasteiger partial charge in [-0.1, -0.05) is 25.5 Å². The molecule has 2 aromatic carbocycles. The van der Waals surface area contributed by atoms with Crippen molar-refractivity contribution < 1.29 is 14.3 Å². The van der Waals surface area contributed by atoms with Crippen LogP contribution < -0.4 is 15.0 Å². The van der Waals surface area contributed by atoms with Gasteiger partial charge in [0.15, 0.2) is 0 Å². The number of hydrogen-bond donors (Lipinski definition) is 1. The van der Waals surface area contributed by atoms with Gasteiger partial charge in [-0.05, 0) is 54.8 Å². The van der Waals surface area contributed by atoms with Gasteiger partial charge in [-0.15, -0.1) is 16.4 Å². The number of unbranched alkanes of at least 4 members (excludes halogenated alkanes) is 1. The van der Waals surface area contributed by atoms with Gasteiger partial charge < -0.3 is 9.64 Å². The second kappa shape index (κ2) is 9.87. The number of anilines is 2. The van der Waals surface area contributed by atoms with E-state index in [1.54, 1.807) is 16.5 Å². The number of thiazole rings is 1. The van der Waals surface area contributed by atoms with Crippen molar-refractivity contribution in [2.24, 2.45) is 5.92 Å². The Hall–Kier alpha value is -3.72. The molecule has 1 atom stereocenters. The van der Waals surface area contributed by atoms with Crippen molar-refractivity contribution >= 4 is 39.7 Å². The van der Waals surface area contributed by atoms with Crippen LogP contribution in [0.3, 0.4) is 0 Å². The third-order valence-electron chi connectivity index (χ3n) is 6.27. The normalized spacial score (nSPS) is 15.7. The van der Waals surface area contributed by atoms with Crippen molar-refractivity contribution in [2.45, 2.75) is 32.6 Å². The molecule has 5 rings (SSSR count). The summed E-state index contributed by atoms with van der Waals surface area (Å²) in [6.45, 7) is 2.52. The minimum Gasteiger partial charge on any atom is -0.497 e. The zero-order valence-electron chi connectivity index (χ0n) is 19.7. The van der Waals surface area contributed by atoms with Crippen LogP contribution in [0.5, 0.6) is 5.75 Å². The Kier molecular flexibility index (Phi) is 6.50. The van der Waals surface area contributed by atoms with E-state index in [9.17, 15) is 9.59 Å². The molecule has 8 nitrogen and oxygen atoms in total. The van der Waals surface area contributed by atoms with Crippen LogP contribution in [0.4, 0.5) is 11.6 Å². The van der Waals surface area contributed by atoms with Gasteiger partial charge in [-0.2, -0.15) is 4.98 Å². The zero-order chi connectivity index (χ0) is 24.4. The third kappa shape index (κ3) is 4.77. The monoisotopic (exact) mass is 489 g/mol. The highest BCUT2D eigenvalue weighted by molar-refractivity contribution is 7.15. The molecule has 1 aliphatic heterocycles. The average Bonchev–Trinajstić information content (AvgIpc) is 3.57. The first-order valence-corrected chi connectivity index (χ1v) is 12.6. The molecule has 0 radical (unpaired) electrons. The number of aryl methyl sites for hydroxylation is 1. The molecule has 2 amide bonds. The van der Waals surface area contributed by atoms with Gasteiger partial charge >= 0.3 is 0 Å². The third-order valence-corrected chi connectivity index (χ3v) is 7.08. The summed E-state index contributed by atoms with van der Waals surface area (Å²) >= 11 is 1.45. The van der Waals surface area contributed by atoms with E-state index >= 15 is 0 Å². The van der Waals surface area contributed by atoms with Crippen LogP contribution in [0.2, 0.25) is 0 Å². The molecule has 0 spiro atoms. The van der Waals surface area contributed by atoms with Crippen LogP contribution >= 0.6 is 11.3 Å². The predicted octanol–water partition coefficient (Wildman–Crippen LogP) is 4.80. The first kappa shape index (κ1) is 23.0. The van der Waals surface area contributed by atoms with Crippen molar-refractivity contribution in [2.75, 3.05) is 23.9 Å². The second-order valence-electron chi connectivity index (χ2n) is 8.64. The molecule has 0 saturated carbocycles. The highest BCUT2D eigenvalue weighted by Gasteiger charge is 2.35. The van der Waals surface area contributed by atoms with Crippen LogP contribution in [-0.4, -0.2) is 40.1 Å². The molecule has 1 unspecified atom stereocenters. The molecule has 3 heterocycles. The Morgan fingerprint density at radius 3 is 2.66 bits per heavy atom. The fraction of sp³-hybridized carbons (Fsp3) is 0.308. The maximum absolute atomic E-state index is 12.9. The molecule has 1 N–H and O–H groups in total. The van der Waals surface area contributed by atoms with E-state index in [-0.39, 0.29) is 24.2 Å². The maximum Gasteiger partial charge on any atom is 0.250 e. The van der Waals surface area contributed by atoms with E-state index in [1.807, 2.05) is 41.8 Å². The molecule has 2 aromatic heterocycles. The minimum atomic E-state index is -0.454. The number of rotatable bonds is 8. The molecule has 0 bridgehead atoms. The van der Waals surface area contributed by atoms with E-state index in [1.165, 1.54) is 16.9 Å². The summed E-state index contributed by atoms with van der Waals surface area (Å²) < 4.78 is 6.94. The second-order valence-corrected chi connectivity index (χ2v) is 9.48. The van der Waals surface area contributed by atoms with Crippen LogP contribution in [0, 0.1) is 5.92 Å². The van der Waals surface area contributed by atoms with E-state index in [0.29, 0.717) is 11.5 Å². The molecule has 9 heteroatoms. The van der Waals surface area contributed by atoms with Crippen molar-refractivity contribution in [3.8, 4) is 17.0 Å². The Bertz CT molecular complexity index is 1340. The summed E-state index contributed by atoms with van der Waals surface area (Å²) in [6, 6.07) is 15.7. The van der Waals surface area contributed by atoms with Crippen molar-refractivity contribution in [3.63, 3.8) is 0 Å². The van der Waals surface area contributed by atoms with Gasteiger partial charge in [0.2, 0.25) is 22.7 Å². The largest absolute Gasteiger partial charge is 0.497 e. The quantitative estimate of drug-likeness (QED) is 0.384. The number of nitrogens with zero attached hydrogens (tertiary/aromatic N) is 4. The summed E-state index contributed by atoms with van der Waals surface area (Å²) in [6.07, 6.45) is 3.49. The molecule has 4 aromatic rings. The summed E-state index contributed by atoms with van der Waals surface area (Å²) in [4.78, 5) is 32.4. The number of aromatic nitrogens is 3. The van der Waals surface area contributed by atoms with Crippen molar-refractivity contribution in [1.82, 2.24) is 14.6 Å². The van der Waals surface area contributed by atoms with Gasteiger partial charge in [0.25, 0.3) is 0 Å². The zero-order valence-corrected chi connectivity index (χ0v) is 20.5. The number of amides is 2. The smallest absolute Gasteiger partial charge is 0.250 e. The Morgan fingerprint density at radius 2 is 1.94 bits per heavy atom. The lowest BCUT2D eigenvalue weighted by atomic mass is 10.1. The molecule has 0 aliphatic carbocycles. The standard InChI is InChI=1S/C26H27N5O3S/c1-3-4-5-17-6-10-20(11-7-17)30-15-19(14-23(30)32)24(33)27-25-28-26-31(29-25)22(16-35-26)18-8-12-21(34-2)13-9-18/h6-13,16,19H,3-5,14-15H2,1-2H3,(H,27,29,33). The number of ether oxygens (including phenoxy) is 1. The predicted molar refractivity (Wildman–Crippen MR) is 137 cm³/mol. The first-order chi connectivity index (χ1) is 17.1. The first-order valence-electron chi connectivity index (χ1n) is 11.7. The lowest BCUT2D eigenvalue weighted by molar-refractivity contribution is -0.122. The van der Waals surface area contributed by atoms with Gasteiger partial charge in [-0.3, -0.25) is 14.9 Å². The minimum absolute atomic E-state index is 0.0490. The van der Waals surface area contributed by atoms with Crippen LogP contribution in [0.15, 0.2) is 53.9 Å². The van der Waals surface area contributed by atoms with E-state index in [0.717, 1.165) is 42.0 Å². The lowest BCUT2D eigenvalue weighted by Gasteiger charge is -2.17. The summed E-state index contributed by atoms with van der Waals surface area (Å²) in [5.41, 5.74) is 3.94. The fourth-order valence-electron chi connectivity index (χ4n) is 4.26. The number of nitrogens with one attached hydrogen (secondary N) is 1. The highest BCUT2D eigenvalue weighted by atomic mass is 32.1. The molecule has 35 heavy (non-hydrogen) atoms. The van der Waals surface area contributed by atoms with Gasteiger partial charge in [0.05, 0.1) is 18.7 Å². The summed E-state index contributed by atoms with van der Waals surface area (Å²) in [7, 11) is 1.63. The number of hydrogen-bond acceptors (Lipinski definition) is 6.